The Hall–Kier alpha value is -2.19. The van der Waals surface area contributed by atoms with Crippen LogP contribution in [0.3, 0.4) is 0 Å². The number of hydrogen-bond donors (Lipinski definition) is 3. The SMILES string of the molecule is CCOc1ccc(C(O)C(N)CC(=O)O)cc1[N+](=O)[O-]. The summed E-state index contributed by atoms with van der Waals surface area (Å²) in [6.07, 6.45) is -1.75. The summed E-state index contributed by atoms with van der Waals surface area (Å²) in [7, 11) is 0. The third kappa shape index (κ3) is 3.90. The summed E-state index contributed by atoms with van der Waals surface area (Å²) in [5.74, 6) is -1.07. The molecule has 2 atom stereocenters. The van der Waals surface area contributed by atoms with Crippen molar-refractivity contribution in [2.24, 2.45) is 5.73 Å². The normalized spacial score (nSPS) is 13.6. The van der Waals surface area contributed by atoms with Crippen molar-refractivity contribution in [1.82, 2.24) is 0 Å². The Balaban J connectivity index is 3.04. The molecule has 8 heteroatoms. The lowest BCUT2D eigenvalue weighted by atomic mass is 10.00. The van der Waals surface area contributed by atoms with Crippen LogP contribution in [0.5, 0.6) is 5.75 Å². The maximum atomic E-state index is 10.9. The molecule has 0 spiro atoms. The van der Waals surface area contributed by atoms with Crippen LogP contribution >= 0.6 is 0 Å². The van der Waals surface area contributed by atoms with Gasteiger partial charge in [0.15, 0.2) is 5.75 Å². The second-order valence-corrected chi connectivity index (χ2v) is 4.12. The summed E-state index contributed by atoms with van der Waals surface area (Å²) in [6.45, 7) is 1.95. The maximum Gasteiger partial charge on any atom is 0.311 e. The Morgan fingerprint density at radius 1 is 1.55 bits per heavy atom. The molecule has 0 saturated heterocycles. The van der Waals surface area contributed by atoms with Crippen molar-refractivity contribution in [1.29, 1.82) is 0 Å². The first-order valence-corrected chi connectivity index (χ1v) is 5.93. The van der Waals surface area contributed by atoms with Gasteiger partial charge in [0.2, 0.25) is 0 Å². The second-order valence-electron chi connectivity index (χ2n) is 4.12. The third-order valence-electron chi connectivity index (χ3n) is 2.64. The van der Waals surface area contributed by atoms with E-state index in [-0.39, 0.29) is 23.6 Å². The molecular formula is C12H16N2O6. The lowest BCUT2D eigenvalue weighted by Crippen LogP contribution is -2.31. The number of nitro benzene ring substituents is 1. The van der Waals surface area contributed by atoms with E-state index in [1.54, 1.807) is 6.92 Å². The summed E-state index contributed by atoms with van der Waals surface area (Å²) < 4.78 is 5.11. The number of nitrogens with zero attached hydrogens (tertiary/aromatic N) is 1. The standard InChI is InChI=1S/C12H16N2O6/c1-2-20-10-4-3-7(5-9(10)14(18)19)12(17)8(13)6-11(15)16/h3-5,8,12,17H,2,6,13H2,1H3,(H,15,16). The zero-order valence-corrected chi connectivity index (χ0v) is 10.9. The Morgan fingerprint density at radius 3 is 2.70 bits per heavy atom. The Kier molecular flexibility index (Phi) is 5.42. The first-order valence-electron chi connectivity index (χ1n) is 5.93. The number of ether oxygens (including phenoxy) is 1. The van der Waals surface area contributed by atoms with Gasteiger partial charge in [0.05, 0.1) is 24.1 Å². The van der Waals surface area contributed by atoms with Crippen LogP contribution in [0.15, 0.2) is 18.2 Å². The molecule has 1 aromatic carbocycles. The number of carboxylic acid groups (broad SMARTS) is 1. The molecule has 4 N–H and O–H groups in total. The van der Waals surface area contributed by atoms with Crippen LogP contribution in [0, 0.1) is 10.1 Å². The van der Waals surface area contributed by atoms with E-state index in [0.29, 0.717) is 0 Å². The van der Waals surface area contributed by atoms with E-state index < -0.39 is 29.5 Å². The number of nitro groups is 1. The van der Waals surface area contributed by atoms with Gasteiger partial charge in [0.25, 0.3) is 0 Å². The number of carboxylic acids is 1. The van der Waals surface area contributed by atoms with Gasteiger partial charge in [0, 0.05) is 12.1 Å². The molecule has 8 nitrogen and oxygen atoms in total. The molecule has 2 unspecified atom stereocenters. The first-order chi connectivity index (χ1) is 9.36. The van der Waals surface area contributed by atoms with Crippen LogP contribution in [0.1, 0.15) is 25.0 Å². The molecule has 0 aliphatic rings. The largest absolute Gasteiger partial charge is 0.487 e. The molecule has 0 bridgehead atoms. The van der Waals surface area contributed by atoms with E-state index >= 15 is 0 Å². The first kappa shape index (κ1) is 15.9. The lowest BCUT2D eigenvalue weighted by molar-refractivity contribution is -0.386. The number of nitrogens with two attached hydrogens (primary N) is 1. The van der Waals surface area contributed by atoms with E-state index in [9.17, 15) is 20.0 Å². The van der Waals surface area contributed by atoms with Gasteiger partial charge < -0.3 is 20.7 Å². The van der Waals surface area contributed by atoms with E-state index in [2.05, 4.69) is 0 Å². The highest BCUT2D eigenvalue weighted by Crippen LogP contribution is 2.31. The average molecular weight is 284 g/mol. The van der Waals surface area contributed by atoms with Gasteiger partial charge >= 0.3 is 11.7 Å². The molecule has 20 heavy (non-hydrogen) atoms. The van der Waals surface area contributed by atoms with Gasteiger partial charge in [-0.15, -0.1) is 0 Å². The highest BCUT2D eigenvalue weighted by Gasteiger charge is 2.23. The fourth-order valence-corrected chi connectivity index (χ4v) is 1.70. The molecular weight excluding hydrogens is 268 g/mol. The van der Waals surface area contributed by atoms with Crippen molar-refractivity contribution < 1.29 is 24.7 Å². The minimum atomic E-state index is -1.31. The van der Waals surface area contributed by atoms with Gasteiger partial charge in [0.1, 0.15) is 0 Å². The molecule has 0 aromatic heterocycles. The minimum Gasteiger partial charge on any atom is -0.487 e. The number of carbonyl (C=O) groups is 1. The number of rotatable bonds is 7. The van der Waals surface area contributed by atoms with Crippen molar-refractivity contribution >= 4 is 11.7 Å². The van der Waals surface area contributed by atoms with Crippen LogP contribution < -0.4 is 10.5 Å². The molecule has 1 aromatic rings. The molecule has 1 rings (SSSR count). The number of aliphatic hydroxyl groups is 1. The summed E-state index contributed by atoms with van der Waals surface area (Å²) >= 11 is 0. The average Bonchev–Trinajstić information content (AvgIpc) is 2.37. The monoisotopic (exact) mass is 284 g/mol. The number of aliphatic hydroxyl groups excluding tert-OH is 1. The molecule has 0 heterocycles. The van der Waals surface area contributed by atoms with Crippen LogP contribution in [0.2, 0.25) is 0 Å². The fourth-order valence-electron chi connectivity index (χ4n) is 1.70. The predicted octanol–water partition coefficient (Wildman–Crippen LogP) is 0.829. The fraction of sp³-hybridized carbons (Fsp3) is 0.417. The quantitative estimate of drug-likeness (QED) is 0.498. The lowest BCUT2D eigenvalue weighted by Gasteiger charge is -2.17. The van der Waals surface area contributed by atoms with Gasteiger partial charge in [-0.2, -0.15) is 0 Å². The van der Waals surface area contributed by atoms with Crippen LogP contribution in [-0.2, 0) is 4.79 Å². The molecule has 0 saturated carbocycles. The van der Waals surface area contributed by atoms with E-state index in [4.69, 9.17) is 15.6 Å². The smallest absolute Gasteiger partial charge is 0.311 e. The van der Waals surface area contributed by atoms with Crippen LogP contribution in [0.4, 0.5) is 5.69 Å². The summed E-state index contributed by atoms with van der Waals surface area (Å²) in [5, 5.41) is 29.5. The molecule has 110 valence electrons. The van der Waals surface area contributed by atoms with E-state index in [1.807, 2.05) is 0 Å². The zero-order chi connectivity index (χ0) is 15.3. The van der Waals surface area contributed by atoms with Crippen LogP contribution in [-0.4, -0.2) is 33.8 Å². The second kappa shape index (κ2) is 6.83. The molecule has 0 aliphatic heterocycles. The Bertz CT molecular complexity index is 505. The Morgan fingerprint density at radius 2 is 2.20 bits per heavy atom. The highest BCUT2D eigenvalue weighted by molar-refractivity contribution is 5.67. The molecule has 0 radical (unpaired) electrons. The third-order valence-corrected chi connectivity index (χ3v) is 2.64. The summed E-state index contributed by atoms with van der Waals surface area (Å²) in [4.78, 5) is 20.8. The van der Waals surface area contributed by atoms with Gasteiger partial charge in [-0.3, -0.25) is 14.9 Å². The van der Waals surface area contributed by atoms with Crippen molar-refractivity contribution in [3.63, 3.8) is 0 Å². The van der Waals surface area contributed by atoms with Crippen molar-refractivity contribution in [2.45, 2.75) is 25.5 Å². The Labute approximate surface area is 114 Å². The number of aliphatic carboxylic acids is 1. The van der Waals surface area contributed by atoms with Gasteiger partial charge in [-0.1, -0.05) is 6.07 Å². The summed E-state index contributed by atoms with van der Waals surface area (Å²) in [5.41, 5.74) is 5.42. The summed E-state index contributed by atoms with van der Waals surface area (Å²) in [6, 6.07) is 2.86. The highest BCUT2D eigenvalue weighted by atomic mass is 16.6. The van der Waals surface area contributed by atoms with Crippen molar-refractivity contribution in [2.75, 3.05) is 6.61 Å². The molecule has 0 amide bonds. The molecule has 0 aliphatic carbocycles. The van der Waals surface area contributed by atoms with Crippen LogP contribution in [0.25, 0.3) is 0 Å². The maximum absolute atomic E-state index is 10.9. The van der Waals surface area contributed by atoms with E-state index in [1.165, 1.54) is 12.1 Å². The van der Waals surface area contributed by atoms with Crippen molar-refractivity contribution in [3.8, 4) is 5.75 Å². The predicted molar refractivity (Wildman–Crippen MR) is 69.5 cm³/mol. The van der Waals surface area contributed by atoms with Crippen molar-refractivity contribution in [3.05, 3.63) is 33.9 Å². The molecule has 0 fully saturated rings. The zero-order valence-electron chi connectivity index (χ0n) is 10.9. The van der Waals surface area contributed by atoms with E-state index in [0.717, 1.165) is 6.07 Å². The number of benzene rings is 1. The van der Waals surface area contributed by atoms with Gasteiger partial charge in [-0.05, 0) is 18.6 Å². The van der Waals surface area contributed by atoms with Gasteiger partial charge in [-0.25, -0.2) is 0 Å². The minimum absolute atomic E-state index is 0.0836. The topological polar surface area (TPSA) is 136 Å². The number of hydrogen-bond acceptors (Lipinski definition) is 6.